The van der Waals surface area contributed by atoms with E-state index in [4.69, 9.17) is 0 Å². The normalized spacial score (nSPS) is 18.4. The lowest BCUT2D eigenvalue weighted by molar-refractivity contribution is -0.132. The molecule has 9 heteroatoms. The number of amides is 1. The average Bonchev–Trinajstić information content (AvgIpc) is 3.33. The van der Waals surface area contributed by atoms with Gasteiger partial charge in [0.25, 0.3) is 0 Å². The first kappa shape index (κ1) is 21.2. The molecule has 4 heterocycles. The SMILES string of the molecule is O=C(CCc1ccc(F)cc1)N1CCC(C2CCN(c3ncnc4nsnc34)CC2)CC1. The zero-order valence-corrected chi connectivity index (χ0v) is 18.8. The van der Waals surface area contributed by atoms with Crippen LogP contribution in [0.3, 0.4) is 0 Å². The lowest BCUT2D eigenvalue weighted by Gasteiger charge is -2.40. The molecule has 2 saturated heterocycles. The van der Waals surface area contributed by atoms with E-state index < -0.39 is 0 Å². The van der Waals surface area contributed by atoms with Gasteiger partial charge in [0, 0.05) is 32.6 Å². The summed E-state index contributed by atoms with van der Waals surface area (Å²) in [4.78, 5) is 25.6. The van der Waals surface area contributed by atoms with E-state index in [2.05, 4.69) is 23.6 Å². The van der Waals surface area contributed by atoms with Crippen LogP contribution in [0.2, 0.25) is 0 Å². The lowest BCUT2D eigenvalue weighted by atomic mass is 9.78. The molecule has 2 aliphatic heterocycles. The number of hydrogen-bond acceptors (Lipinski definition) is 7. The zero-order chi connectivity index (χ0) is 21.9. The van der Waals surface area contributed by atoms with Crippen LogP contribution in [0.25, 0.3) is 11.2 Å². The predicted molar refractivity (Wildman–Crippen MR) is 122 cm³/mol. The van der Waals surface area contributed by atoms with E-state index in [0.717, 1.165) is 68.8 Å². The first-order chi connectivity index (χ1) is 15.7. The number of anilines is 1. The molecular weight excluding hydrogens is 427 g/mol. The van der Waals surface area contributed by atoms with Crippen LogP contribution in [0, 0.1) is 17.7 Å². The molecule has 2 aliphatic rings. The number of carbonyl (C=O) groups is 1. The highest BCUT2D eigenvalue weighted by Gasteiger charge is 2.31. The monoisotopic (exact) mass is 454 g/mol. The van der Waals surface area contributed by atoms with Crippen LogP contribution in [0.4, 0.5) is 10.2 Å². The Morgan fingerprint density at radius 3 is 2.38 bits per heavy atom. The van der Waals surface area contributed by atoms with Gasteiger partial charge in [0.1, 0.15) is 12.1 Å². The van der Waals surface area contributed by atoms with Crippen LogP contribution in [-0.4, -0.2) is 55.7 Å². The fraction of sp³-hybridized carbons (Fsp3) is 0.522. The van der Waals surface area contributed by atoms with Gasteiger partial charge in [0.2, 0.25) is 5.91 Å². The van der Waals surface area contributed by atoms with Crippen LogP contribution in [-0.2, 0) is 11.2 Å². The van der Waals surface area contributed by atoms with E-state index in [-0.39, 0.29) is 11.7 Å². The number of carbonyl (C=O) groups excluding carboxylic acids is 1. The Balaban J connectivity index is 1.08. The maximum Gasteiger partial charge on any atom is 0.222 e. The van der Waals surface area contributed by atoms with Gasteiger partial charge in [-0.1, -0.05) is 12.1 Å². The molecule has 7 nitrogen and oxygen atoms in total. The quantitative estimate of drug-likeness (QED) is 0.585. The Labute approximate surface area is 191 Å². The molecule has 0 bridgehead atoms. The van der Waals surface area contributed by atoms with Gasteiger partial charge >= 0.3 is 0 Å². The first-order valence-corrected chi connectivity index (χ1v) is 12.1. The number of nitrogens with zero attached hydrogens (tertiary/aromatic N) is 6. The van der Waals surface area contributed by atoms with Crippen molar-refractivity contribution in [1.82, 2.24) is 23.6 Å². The summed E-state index contributed by atoms with van der Waals surface area (Å²) in [5.41, 5.74) is 2.50. The lowest BCUT2D eigenvalue weighted by Crippen LogP contribution is -2.43. The molecule has 3 aromatic rings. The van der Waals surface area contributed by atoms with Crippen molar-refractivity contribution >= 4 is 34.6 Å². The van der Waals surface area contributed by atoms with Gasteiger partial charge in [-0.2, -0.15) is 8.75 Å². The van der Waals surface area contributed by atoms with Crippen molar-refractivity contribution < 1.29 is 9.18 Å². The van der Waals surface area contributed by atoms with Crippen molar-refractivity contribution in [3.05, 3.63) is 42.0 Å². The number of halogens is 1. The Bertz CT molecular complexity index is 1060. The number of likely N-dealkylation sites (tertiary alicyclic amines) is 1. The summed E-state index contributed by atoms with van der Waals surface area (Å²) < 4.78 is 21.6. The molecule has 5 rings (SSSR count). The number of fused-ring (bicyclic) bond motifs is 1. The summed E-state index contributed by atoms with van der Waals surface area (Å²) in [6.45, 7) is 3.66. The molecular formula is C23H27FN6OS. The average molecular weight is 455 g/mol. The molecule has 2 aromatic heterocycles. The number of aromatic nitrogens is 4. The number of aryl methyl sites for hydroxylation is 1. The van der Waals surface area contributed by atoms with Gasteiger partial charge < -0.3 is 9.80 Å². The second-order valence-corrected chi connectivity index (χ2v) is 9.33. The van der Waals surface area contributed by atoms with Crippen LogP contribution in [0.15, 0.2) is 30.6 Å². The van der Waals surface area contributed by atoms with E-state index in [1.165, 1.54) is 23.9 Å². The number of hydrogen-bond donors (Lipinski definition) is 0. The summed E-state index contributed by atoms with van der Waals surface area (Å²) in [7, 11) is 0. The number of benzene rings is 1. The van der Waals surface area contributed by atoms with E-state index >= 15 is 0 Å². The largest absolute Gasteiger partial charge is 0.355 e. The van der Waals surface area contributed by atoms with Crippen molar-refractivity contribution in [2.24, 2.45) is 11.8 Å². The zero-order valence-electron chi connectivity index (χ0n) is 18.0. The standard InChI is InChI=1S/C23H27FN6OS/c24-19-4-1-16(2-5-19)3-6-20(31)29-11-7-17(8-12-29)18-9-13-30(14-10-18)23-21-22(25-15-26-23)28-32-27-21/h1-2,4-5,15,17-18H,3,6-14H2. The third-order valence-electron chi connectivity index (χ3n) is 6.98. The highest BCUT2D eigenvalue weighted by atomic mass is 32.1. The molecule has 0 aliphatic carbocycles. The topological polar surface area (TPSA) is 75.1 Å². The van der Waals surface area contributed by atoms with Gasteiger partial charge in [-0.15, -0.1) is 0 Å². The molecule has 168 valence electrons. The van der Waals surface area contributed by atoms with E-state index in [1.54, 1.807) is 18.5 Å². The Hall–Kier alpha value is -2.68. The van der Waals surface area contributed by atoms with Gasteiger partial charge in [0.05, 0.1) is 11.7 Å². The molecule has 2 fully saturated rings. The fourth-order valence-corrected chi connectivity index (χ4v) is 5.60. The first-order valence-electron chi connectivity index (χ1n) is 11.4. The van der Waals surface area contributed by atoms with E-state index in [9.17, 15) is 9.18 Å². The minimum Gasteiger partial charge on any atom is -0.355 e. The maximum atomic E-state index is 13.0. The Morgan fingerprint density at radius 2 is 1.66 bits per heavy atom. The maximum absolute atomic E-state index is 13.0. The molecule has 32 heavy (non-hydrogen) atoms. The van der Waals surface area contributed by atoms with Crippen LogP contribution < -0.4 is 4.90 Å². The van der Waals surface area contributed by atoms with Crippen molar-refractivity contribution in [2.45, 2.75) is 38.5 Å². The van der Waals surface area contributed by atoms with Crippen molar-refractivity contribution in [2.75, 3.05) is 31.1 Å². The van der Waals surface area contributed by atoms with Crippen LogP contribution in [0.5, 0.6) is 0 Å². The summed E-state index contributed by atoms with van der Waals surface area (Å²) in [6, 6.07) is 6.44. The minimum absolute atomic E-state index is 0.215. The second kappa shape index (κ2) is 9.44. The second-order valence-electron chi connectivity index (χ2n) is 8.80. The predicted octanol–water partition coefficient (Wildman–Crippen LogP) is 3.71. The molecule has 0 radical (unpaired) electrons. The van der Waals surface area contributed by atoms with Crippen molar-refractivity contribution in [3.63, 3.8) is 0 Å². The van der Waals surface area contributed by atoms with Gasteiger partial charge in [-0.05, 0) is 61.6 Å². The third kappa shape index (κ3) is 4.57. The molecule has 0 N–H and O–H groups in total. The highest BCUT2D eigenvalue weighted by molar-refractivity contribution is 7.00. The summed E-state index contributed by atoms with van der Waals surface area (Å²) in [5.74, 6) is 2.27. The van der Waals surface area contributed by atoms with Gasteiger partial charge in [-0.3, -0.25) is 4.79 Å². The van der Waals surface area contributed by atoms with Crippen LogP contribution >= 0.6 is 11.7 Å². The molecule has 0 unspecified atom stereocenters. The number of piperidine rings is 2. The van der Waals surface area contributed by atoms with E-state index in [1.807, 2.05) is 4.90 Å². The molecule has 0 atom stereocenters. The molecule has 1 aromatic carbocycles. The Morgan fingerprint density at radius 1 is 0.969 bits per heavy atom. The van der Waals surface area contributed by atoms with Crippen LogP contribution in [0.1, 0.15) is 37.7 Å². The minimum atomic E-state index is -0.238. The van der Waals surface area contributed by atoms with Crippen molar-refractivity contribution in [3.8, 4) is 0 Å². The molecule has 1 amide bonds. The smallest absolute Gasteiger partial charge is 0.222 e. The third-order valence-corrected chi connectivity index (χ3v) is 7.50. The van der Waals surface area contributed by atoms with Crippen molar-refractivity contribution in [1.29, 1.82) is 0 Å². The Kier molecular flexibility index (Phi) is 6.25. The summed E-state index contributed by atoms with van der Waals surface area (Å²) in [5, 5.41) is 0. The van der Waals surface area contributed by atoms with Gasteiger partial charge in [-0.25, -0.2) is 14.4 Å². The number of rotatable bonds is 5. The van der Waals surface area contributed by atoms with Gasteiger partial charge in [0.15, 0.2) is 17.0 Å². The summed E-state index contributed by atoms with van der Waals surface area (Å²) in [6.07, 6.45) is 7.20. The molecule has 0 spiro atoms. The fourth-order valence-electron chi connectivity index (χ4n) is 5.10. The molecule has 0 saturated carbocycles. The highest BCUT2D eigenvalue weighted by Crippen LogP contribution is 2.34. The summed E-state index contributed by atoms with van der Waals surface area (Å²) >= 11 is 1.18. The van der Waals surface area contributed by atoms with E-state index in [0.29, 0.717) is 30.3 Å².